The van der Waals surface area contributed by atoms with Crippen LogP contribution in [0.25, 0.3) is 77.9 Å². The monoisotopic (exact) mass is 684 g/mol. The molecule has 1 unspecified atom stereocenters. The molecule has 9 aromatic rings. The topological polar surface area (TPSA) is 0 Å². The van der Waals surface area contributed by atoms with Crippen molar-refractivity contribution in [2.45, 2.75) is 11.7 Å². The van der Waals surface area contributed by atoms with Crippen molar-refractivity contribution in [1.29, 1.82) is 0 Å². The second-order valence-electron chi connectivity index (χ2n) is 12.3. The summed E-state index contributed by atoms with van der Waals surface area (Å²) < 4.78 is 5.41. The predicted octanol–water partition coefficient (Wildman–Crippen LogP) is 14.7. The molecule has 0 aliphatic carbocycles. The summed E-state index contributed by atoms with van der Waals surface area (Å²) in [6.45, 7) is 0. The van der Waals surface area contributed by atoms with E-state index >= 15 is 0 Å². The third kappa shape index (κ3) is 4.78. The molecule has 1 aliphatic heterocycles. The molecule has 0 amide bonds. The van der Waals surface area contributed by atoms with Crippen LogP contribution in [0.4, 0.5) is 0 Å². The Bertz CT molecular complexity index is 2660. The summed E-state index contributed by atoms with van der Waals surface area (Å²) in [6.07, 6.45) is 3.50. The van der Waals surface area contributed by atoms with Crippen molar-refractivity contribution in [3.63, 3.8) is 0 Å². The molecule has 4 heterocycles. The quantitative estimate of drug-likeness (QED) is 0.174. The molecule has 10 rings (SSSR count). The second-order valence-corrected chi connectivity index (χ2v) is 16.8. The lowest BCUT2D eigenvalue weighted by molar-refractivity contribution is 0.991. The Morgan fingerprint density at radius 3 is 1.56 bits per heavy atom. The van der Waals surface area contributed by atoms with Crippen LogP contribution in [0.3, 0.4) is 0 Å². The maximum absolute atomic E-state index is 2.44. The van der Waals surface area contributed by atoms with E-state index in [0.29, 0.717) is 5.25 Å². The first kappa shape index (κ1) is 28.6. The maximum atomic E-state index is 2.44. The van der Waals surface area contributed by atoms with Crippen LogP contribution in [-0.2, 0) is 0 Å². The molecule has 0 nitrogen and oxygen atoms in total. The average molecular weight is 685 g/mol. The van der Waals surface area contributed by atoms with Gasteiger partial charge < -0.3 is 0 Å². The zero-order valence-corrected chi connectivity index (χ0v) is 29.1. The zero-order valence-electron chi connectivity index (χ0n) is 25.9. The van der Waals surface area contributed by atoms with Crippen molar-refractivity contribution >= 4 is 91.0 Å². The minimum Gasteiger partial charge on any atom is -0.135 e. The molecule has 1 atom stereocenters. The fourth-order valence-corrected chi connectivity index (χ4v) is 11.8. The highest BCUT2D eigenvalue weighted by atomic mass is 32.2. The van der Waals surface area contributed by atoms with Gasteiger partial charge in [-0.3, -0.25) is 0 Å². The van der Waals surface area contributed by atoms with E-state index in [1.165, 1.54) is 88.4 Å². The summed E-state index contributed by atoms with van der Waals surface area (Å²) >= 11 is 7.68. The standard InChI is InChI=1S/C44H28S4/c1-3-11-37-33(7-1)43-31(9-5-13-41(43)47-37)27-15-19-29(20-16-27)35-23-25-39(45-35)40-26-24-36(46-40)30-21-17-28(18-22-30)32-10-6-14-42-44(32)34-8-2-4-12-38(34)48-42/h1-23,25-26,36H,24H2. The molecule has 0 N–H and O–H groups in total. The first-order chi connectivity index (χ1) is 23.8. The molecule has 0 bridgehead atoms. The Morgan fingerprint density at radius 2 is 0.938 bits per heavy atom. The summed E-state index contributed by atoms with van der Waals surface area (Å²) in [4.78, 5) is 4.09. The van der Waals surface area contributed by atoms with Crippen LogP contribution >= 0.6 is 45.8 Å². The largest absolute Gasteiger partial charge is 0.135 e. The Labute approximate surface area is 295 Å². The van der Waals surface area contributed by atoms with Crippen molar-refractivity contribution in [3.05, 3.63) is 162 Å². The van der Waals surface area contributed by atoms with Crippen LogP contribution in [-0.4, -0.2) is 0 Å². The fraction of sp³-hybridized carbons (Fsp3) is 0.0455. The third-order valence-corrected chi connectivity index (χ3v) is 14.5. The lowest BCUT2D eigenvalue weighted by atomic mass is 9.97. The Kier molecular flexibility index (Phi) is 6.90. The summed E-state index contributed by atoms with van der Waals surface area (Å²) in [5.74, 6) is 0. The molecule has 4 heteroatoms. The number of thioether (sulfide) groups is 1. The van der Waals surface area contributed by atoms with E-state index in [2.05, 4.69) is 152 Å². The normalized spacial score (nSPS) is 14.8. The van der Waals surface area contributed by atoms with Crippen molar-refractivity contribution in [2.24, 2.45) is 0 Å². The number of hydrogen-bond acceptors (Lipinski definition) is 4. The van der Waals surface area contributed by atoms with Gasteiger partial charge in [-0.1, -0.05) is 115 Å². The molecule has 0 radical (unpaired) electrons. The predicted molar refractivity (Wildman–Crippen MR) is 216 cm³/mol. The summed E-state index contributed by atoms with van der Waals surface area (Å²) in [5, 5.41) is 5.90. The summed E-state index contributed by atoms with van der Waals surface area (Å²) in [7, 11) is 0. The highest BCUT2D eigenvalue weighted by molar-refractivity contribution is 8.09. The number of rotatable bonds is 5. The second kappa shape index (κ2) is 11.6. The summed E-state index contributed by atoms with van der Waals surface area (Å²) in [6, 6.07) is 54.0. The van der Waals surface area contributed by atoms with E-state index in [1.54, 1.807) is 0 Å². The molecule has 3 aromatic heterocycles. The summed E-state index contributed by atoms with van der Waals surface area (Å²) in [5.41, 5.74) is 7.88. The molecule has 0 saturated carbocycles. The van der Waals surface area contributed by atoms with Gasteiger partial charge in [-0.25, -0.2) is 0 Å². The van der Waals surface area contributed by atoms with Gasteiger partial charge in [0.25, 0.3) is 0 Å². The van der Waals surface area contributed by atoms with Crippen molar-refractivity contribution < 1.29 is 0 Å². The number of fused-ring (bicyclic) bond motifs is 6. The SMILES string of the molecule is C1=C(c2ccc(-c3ccc(-c4cccc5sc6ccccc6c45)cc3)s2)SC(c2ccc(-c3cccc4sc5ccccc5c34)cc2)C1. The molecule has 48 heavy (non-hydrogen) atoms. The van der Waals surface area contributed by atoms with E-state index in [9.17, 15) is 0 Å². The number of hydrogen-bond donors (Lipinski definition) is 0. The lowest BCUT2D eigenvalue weighted by Crippen LogP contribution is -1.89. The van der Waals surface area contributed by atoms with Crippen LogP contribution in [0.15, 0.2) is 152 Å². The molecule has 1 aliphatic rings. The van der Waals surface area contributed by atoms with E-state index in [4.69, 9.17) is 0 Å². The molecule has 228 valence electrons. The van der Waals surface area contributed by atoms with E-state index in [-0.39, 0.29) is 0 Å². The fourth-order valence-electron chi connectivity index (χ4n) is 7.17. The van der Waals surface area contributed by atoms with Gasteiger partial charge in [0.15, 0.2) is 0 Å². The Morgan fingerprint density at radius 1 is 0.417 bits per heavy atom. The van der Waals surface area contributed by atoms with Crippen molar-refractivity contribution in [2.75, 3.05) is 0 Å². The van der Waals surface area contributed by atoms with Gasteiger partial charge in [-0.15, -0.1) is 45.8 Å². The van der Waals surface area contributed by atoms with E-state index in [1.807, 2.05) is 45.8 Å². The van der Waals surface area contributed by atoms with E-state index < -0.39 is 0 Å². The van der Waals surface area contributed by atoms with Gasteiger partial charge in [-0.05, 0) is 76.2 Å². The average Bonchev–Trinajstić information content (AvgIpc) is 3.96. The smallest absolute Gasteiger partial charge is 0.0409 e. The molecule has 0 fully saturated rings. The number of thiophene rings is 3. The van der Waals surface area contributed by atoms with Gasteiger partial charge in [0, 0.05) is 60.3 Å². The highest BCUT2D eigenvalue weighted by Crippen LogP contribution is 2.51. The first-order valence-electron chi connectivity index (χ1n) is 16.3. The van der Waals surface area contributed by atoms with Crippen LogP contribution in [0.2, 0.25) is 0 Å². The maximum Gasteiger partial charge on any atom is 0.0409 e. The number of allylic oxidation sites excluding steroid dienone is 1. The molecular formula is C44H28S4. The van der Waals surface area contributed by atoms with Crippen LogP contribution in [0, 0.1) is 0 Å². The first-order valence-corrected chi connectivity index (χ1v) is 19.6. The van der Waals surface area contributed by atoms with Gasteiger partial charge in [0.2, 0.25) is 0 Å². The van der Waals surface area contributed by atoms with Crippen LogP contribution in [0.5, 0.6) is 0 Å². The zero-order chi connectivity index (χ0) is 31.6. The minimum atomic E-state index is 0.451. The van der Waals surface area contributed by atoms with Crippen molar-refractivity contribution in [3.8, 4) is 32.7 Å². The van der Waals surface area contributed by atoms with E-state index in [0.717, 1.165) is 6.42 Å². The highest BCUT2D eigenvalue weighted by Gasteiger charge is 2.22. The van der Waals surface area contributed by atoms with Gasteiger partial charge >= 0.3 is 0 Å². The molecule has 0 spiro atoms. The van der Waals surface area contributed by atoms with Gasteiger partial charge in [0.05, 0.1) is 0 Å². The number of benzene rings is 6. The lowest BCUT2D eigenvalue weighted by Gasteiger charge is -2.12. The van der Waals surface area contributed by atoms with Crippen molar-refractivity contribution in [1.82, 2.24) is 0 Å². The Balaban J connectivity index is 0.872. The minimum absolute atomic E-state index is 0.451. The third-order valence-electron chi connectivity index (χ3n) is 9.51. The van der Waals surface area contributed by atoms with Crippen LogP contribution in [0.1, 0.15) is 22.1 Å². The molecular weight excluding hydrogens is 657 g/mol. The van der Waals surface area contributed by atoms with Gasteiger partial charge in [0.1, 0.15) is 0 Å². The molecule has 0 saturated heterocycles. The molecule has 6 aromatic carbocycles. The Hall–Kier alpha value is -4.45. The van der Waals surface area contributed by atoms with Gasteiger partial charge in [-0.2, -0.15) is 0 Å². The van der Waals surface area contributed by atoms with Crippen LogP contribution < -0.4 is 0 Å².